The average molecular weight is 212 g/mol. The highest BCUT2D eigenvalue weighted by molar-refractivity contribution is 5.92. The Bertz CT molecular complexity index is 531. The summed E-state index contributed by atoms with van der Waals surface area (Å²) in [6.45, 7) is 0. The average Bonchev–Trinajstić information content (AvgIpc) is 2.60. The maximum absolute atomic E-state index is 13.2. The largest absolute Gasteiger partial charge is 0.463 e. The maximum Gasteiger partial charge on any atom is 0.373 e. The van der Waals surface area contributed by atoms with E-state index in [1.54, 1.807) is 0 Å². The SMILES string of the molecule is COC(=O)c1cc2c(F)cc(F)cc2o1. The summed E-state index contributed by atoms with van der Waals surface area (Å²) >= 11 is 0. The fourth-order valence-corrected chi connectivity index (χ4v) is 1.27. The predicted molar refractivity (Wildman–Crippen MR) is 47.5 cm³/mol. The Balaban J connectivity index is 2.65. The molecule has 0 N–H and O–H groups in total. The Hall–Kier alpha value is -1.91. The van der Waals surface area contributed by atoms with Crippen molar-refractivity contribution in [2.24, 2.45) is 0 Å². The van der Waals surface area contributed by atoms with Crippen molar-refractivity contribution >= 4 is 16.9 Å². The molecule has 1 aromatic carbocycles. The molecule has 0 fully saturated rings. The molecule has 5 heteroatoms. The standard InChI is InChI=1S/C10H6F2O3/c1-14-10(13)9-4-6-7(12)2-5(11)3-8(6)15-9/h2-4H,1H3. The van der Waals surface area contributed by atoms with Crippen LogP contribution in [0.3, 0.4) is 0 Å². The van der Waals surface area contributed by atoms with Crippen LogP contribution in [0.2, 0.25) is 0 Å². The number of furan rings is 1. The van der Waals surface area contributed by atoms with Crippen molar-refractivity contribution in [3.8, 4) is 0 Å². The highest BCUT2D eigenvalue weighted by atomic mass is 19.1. The van der Waals surface area contributed by atoms with E-state index in [9.17, 15) is 13.6 Å². The quantitative estimate of drug-likeness (QED) is 0.681. The number of ether oxygens (including phenoxy) is 1. The summed E-state index contributed by atoms with van der Waals surface area (Å²) < 4.78 is 35.3. The zero-order chi connectivity index (χ0) is 11.0. The number of rotatable bonds is 1. The van der Waals surface area contributed by atoms with Gasteiger partial charge in [-0.05, 0) is 0 Å². The number of benzene rings is 1. The van der Waals surface area contributed by atoms with Crippen LogP contribution in [0.1, 0.15) is 10.6 Å². The molecule has 15 heavy (non-hydrogen) atoms. The Kier molecular flexibility index (Phi) is 2.15. The lowest BCUT2D eigenvalue weighted by Crippen LogP contribution is -1.97. The third kappa shape index (κ3) is 1.56. The molecule has 3 nitrogen and oxygen atoms in total. The fraction of sp³-hybridized carbons (Fsp3) is 0.100. The predicted octanol–water partition coefficient (Wildman–Crippen LogP) is 2.50. The third-order valence-electron chi connectivity index (χ3n) is 1.94. The van der Waals surface area contributed by atoms with Gasteiger partial charge in [0, 0.05) is 18.2 Å². The first kappa shape index (κ1) is 9.64. The molecule has 0 saturated carbocycles. The molecule has 0 unspecified atom stereocenters. The van der Waals surface area contributed by atoms with E-state index in [1.807, 2.05) is 0 Å². The lowest BCUT2D eigenvalue weighted by Gasteiger charge is -1.91. The molecule has 0 radical (unpaired) electrons. The second kappa shape index (κ2) is 3.34. The monoisotopic (exact) mass is 212 g/mol. The van der Waals surface area contributed by atoms with E-state index in [2.05, 4.69) is 4.74 Å². The van der Waals surface area contributed by atoms with Crippen LogP contribution in [0, 0.1) is 11.6 Å². The van der Waals surface area contributed by atoms with E-state index in [0.717, 1.165) is 12.1 Å². The summed E-state index contributed by atoms with van der Waals surface area (Å²) in [7, 11) is 1.17. The summed E-state index contributed by atoms with van der Waals surface area (Å²) in [6.07, 6.45) is 0. The molecule has 0 aliphatic heterocycles. The van der Waals surface area contributed by atoms with Crippen molar-refractivity contribution in [2.45, 2.75) is 0 Å². The molecule has 0 aliphatic rings. The van der Waals surface area contributed by atoms with Gasteiger partial charge in [-0.3, -0.25) is 0 Å². The number of hydrogen-bond donors (Lipinski definition) is 0. The zero-order valence-electron chi connectivity index (χ0n) is 7.71. The number of esters is 1. The summed E-state index contributed by atoms with van der Waals surface area (Å²) in [6, 6.07) is 2.90. The fourth-order valence-electron chi connectivity index (χ4n) is 1.27. The molecule has 0 bridgehead atoms. The topological polar surface area (TPSA) is 39.4 Å². The van der Waals surface area contributed by atoms with Crippen molar-refractivity contribution in [2.75, 3.05) is 7.11 Å². The summed E-state index contributed by atoms with van der Waals surface area (Å²) in [5, 5.41) is 0.0526. The van der Waals surface area contributed by atoms with Crippen LogP contribution in [0.25, 0.3) is 11.0 Å². The molecule has 1 heterocycles. The van der Waals surface area contributed by atoms with Gasteiger partial charge in [-0.15, -0.1) is 0 Å². The van der Waals surface area contributed by atoms with Gasteiger partial charge in [-0.25, -0.2) is 13.6 Å². The molecule has 2 rings (SSSR count). The lowest BCUT2D eigenvalue weighted by molar-refractivity contribution is 0.0567. The van der Waals surface area contributed by atoms with Crippen molar-refractivity contribution < 1.29 is 22.7 Å². The smallest absolute Gasteiger partial charge is 0.373 e. The molecule has 0 aliphatic carbocycles. The van der Waals surface area contributed by atoms with Crippen molar-refractivity contribution in [1.29, 1.82) is 0 Å². The number of hydrogen-bond acceptors (Lipinski definition) is 3. The summed E-state index contributed by atoms with van der Waals surface area (Å²) in [4.78, 5) is 11.0. The Morgan fingerprint density at radius 2 is 2.07 bits per heavy atom. The molecule has 78 valence electrons. The Morgan fingerprint density at radius 3 is 2.73 bits per heavy atom. The normalized spacial score (nSPS) is 10.6. The van der Waals surface area contributed by atoms with E-state index >= 15 is 0 Å². The lowest BCUT2D eigenvalue weighted by atomic mass is 10.2. The zero-order valence-corrected chi connectivity index (χ0v) is 7.71. The van der Waals surface area contributed by atoms with Crippen LogP contribution in [0.15, 0.2) is 22.6 Å². The minimum atomic E-state index is -0.774. The van der Waals surface area contributed by atoms with Crippen LogP contribution in [-0.4, -0.2) is 13.1 Å². The van der Waals surface area contributed by atoms with Gasteiger partial charge in [-0.2, -0.15) is 0 Å². The number of carbonyl (C=O) groups excluding carboxylic acids is 1. The van der Waals surface area contributed by atoms with Crippen LogP contribution in [0.4, 0.5) is 8.78 Å². The van der Waals surface area contributed by atoms with Crippen molar-refractivity contribution in [3.05, 3.63) is 35.6 Å². The van der Waals surface area contributed by atoms with Gasteiger partial charge in [0.2, 0.25) is 5.76 Å². The maximum atomic E-state index is 13.2. The van der Waals surface area contributed by atoms with E-state index in [-0.39, 0.29) is 16.7 Å². The number of fused-ring (bicyclic) bond motifs is 1. The minimum Gasteiger partial charge on any atom is -0.463 e. The van der Waals surface area contributed by atoms with E-state index in [1.165, 1.54) is 13.2 Å². The Morgan fingerprint density at radius 1 is 1.33 bits per heavy atom. The molecular formula is C10H6F2O3. The molecule has 0 atom stereocenters. The van der Waals surface area contributed by atoms with E-state index in [0.29, 0.717) is 0 Å². The second-order valence-corrected chi connectivity index (χ2v) is 2.90. The first-order valence-electron chi connectivity index (χ1n) is 4.08. The van der Waals surface area contributed by atoms with E-state index in [4.69, 9.17) is 4.42 Å². The Labute approximate surface area is 83.2 Å². The second-order valence-electron chi connectivity index (χ2n) is 2.90. The molecule has 2 aromatic rings. The molecule has 1 aromatic heterocycles. The van der Waals surface area contributed by atoms with Gasteiger partial charge in [0.15, 0.2) is 0 Å². The van der Waals surface area contributed by atoms with Crippen LogP contribution in [-0.2, 0) is 4.74 Å². The molecule has 0 amide bonds. The first-order chi connectivity index (χ1) is 7.11. The van der Waals surface area contributed by atoms with Gasteiger partial charge in [0.05, 0.1) is 12.5 Å². The molecule has 0 spiro atoms. The molecule has 0 saturated heterocycles. The van der Waals surface area contributed by atoms with Gasteiger partial charge < -0.3 is 9.15 Å². The summed E-state index contributed by atoms with van der Waals surface area (Å²) in [5.74, 6) is -2.42. The van der Waals surface area contributed by atoms with Crippen LogP contribution >= 0.6 is 0 Å². The molecular weight excluding hydrogens is 206 g/mol. The first-order valence-corrected chi connectivity index (χ1v) is 4.08. The summed E-state index contributed by atoms with van der Waals surface area (Å²) in [5.41, 5.74) is -0.0205. The van der Waals surface area contributed by atoms with Crippen molar-refractivity contribution in [3.63, 3.8) is 0 Å². The number of carbonyl (C=O) groups is 1. The van der Waals surface area contributed by atoms with Gasteiger partial charge in [0.25, 0.3) is 0 Å². The van der Waals surface area contributed by atoms with Gasteiger partial charge in [0.1, 0.15) is 17.2 Å². The third-order valence-corrected chi connectivity index (χ3v) is 1.94. The van der Waals surface area contributed by atoms with Gasteiger partial charge >= 0.3 is 5.97 Å². The number of halogens is 2. The van der Waals surface area contributed by atoms with E-state index < -0.39 is 17.6 Å². The minimum absolute atomic E-state index is 0.0205. The highest BCUT2D eigenvalue weighted by Gasteiger charge is 2.15. The highest BCUT2D eigenvalue weighted by Crippen LogP contribution is 2.23. The van der Waals surface area contributed by atoms with Crippen LogP contribution < -0.4 is 0 Å². The van der Waals surface area contributed by atoms with Gasteiger partial charge in [-0.1, -0.05) is 0 Å². The van der Waals surface area contributed by atoms with Crippen LogP contribution in [0.5, 0.6) is 0 Å². The number of methoxy groups -OCH3 is 1. The van der Waals surface area contributed by atoms with Crippen molar-refractivity contribution in [1.82, 2.24) is 0 Å².